The molecular weight excluding hydrogens is 741 g/mol. The van der Waals surface area contributed by atoms with Crippen molar-refractivity contribution in [3.05, 3.63) is 138 Å². The van der Waals surface area contributed by atoms with E-state index in [1.54, 1.807) is 67.9 Å². The van der Waals surface area contributed by atoms with Gasteiger partial charge >= 0.3 is 0 Å². The summed E-state index contributed by atoms with van der Waals surface area (Å²) in [7, 11) is 1.43. The van der Waals surface area contributed by atoms with Crippen LogP contribution in [0.3, 0.4) is 0 Å². The minimum absolute atomic E-state index is 0.0132. The highest BCUT2D eigenvalue weighted by Crippen LogP contribution is 2.73. The minimum Gasteiger partial charge on any atom is -0.497 e. The third-order valence-electron chi connectivity index (χ3n) is 14.0. The summed E-state index contributed by atoms with van der Waals surface area (Å²) in [6.07, 6.45) is 18.0. The van der Waals surface area contributed by atoms with Crippen LogP contribution in [-0.4, -0.2) is 41.3 Å². The maximum Gasteiger partial charge on any atom is 0.128 e. The maximum atomic E-state index is 5.51. The second-order valence-corrected chi connectivity index (χ2v) is 27.8. The van der Waals surface area contributed by atoms with Crippen molar-refractivity contribution in [3.63, 3.8) is 0 Å². The monoisotopic (exact) mass is 788 g/mol. The number of hydrogen-bond donors (Lipinski definition) is 0. The summed E-state index contributed by atoms with van der Waals surface area (Å²) >= 11 is 8.70. The molecule has 272 valence electrons. The summed E-state index contributed by atoms with van der Waals surface area (Å²) in [5.74, 6) is 1.83. The van der Waals surface area contributed by atoms with Crippen molar-refractivity contribution in [2.24, 2.45) is 0 Å². The third kappa shape index (κ3) is 4.64. The van der Waals surface area contributed by atoms with Crippen LogP contribution in [0.15, 0.2) is 126 Å². The second kappa shape index (κ2) is 11.8. The topological polar surface area (TPSA) is 18.5 Å². The van der Waals surface area contributed by atoms with Gasteiger partial charge in [-0.2, -0.15) is 0 Å². The van der Waals surface area contributed by atoms with Gasteiger partial charge in [-0.15, -0.1) is 47.0 Å². The van der Waals surface area contributed by atoms with Crippen molar-refractivity contribution in [2.45, 2.75) is 98.3 Å². The zero-order valence-electron chi connectivity index (χ0n) is 32.1. The molecule has 4 heterocycles. The lowest BCUT2D eigenvalue weighted by atomic mass is 9.72. The fourth-order valence-corrected chi connectivity index (χ4v) is 21.7. The summed E-state index contributed by atoms with van der Waals surface area (Å²) in [4.78, 5) is 2.80. The van der Waals surface area contributed by atoms with Gasteiger partial charge in [0, 0.05) is 9.81 Å². The van der Waals surface area contributed by atoms with Crippen LogP contribution in [0, 0.1) is 0 Å². The molecule has 2 aromatic rings. The molecule has 2 fully saturated rings. The van der Waals surface area contributed by atoms with Crippen LogP contribution in [-0.2, 0) is 0 Å². The smallest absolute Gasteiger partial charge is 0.128 e. The molecule has 53 heavy (non-hydrogen) atoms. The van der Waals surface area contributed by atoms with Crippen molar-refractivity contribution in [2.75, 3.05) is 14.2 Å². The number of thioether (sulfide) groups is 4. The van der Waals surface area contributed by atoms with Crippen molar-refractivity contribution >= 4 is 64.9 Å². The standard InChI is InChI=1S/C46H48O2S4Si/c1-43-35(23-39(49-43)27-15-19-29(47-5)20-16-27)31-11-9-13-33(31)37-25-41(51-45(37,43)3)53(7,8)42-26-38-34-14-10-12-32(34)36-24-40(28-17-21-30(48-6)22-18-28)50-44(36,2)46(38,4)52-42/h15-26H,9-14H2,1-8H3/t43-,44-,45-,46-/m1/s1. The molecule has 4 aliphatic carbocycles. The lowest BCUT2D eigenvalue weighted by molar-refractivity contribution is 0.414. The Morgan fingerprint density at radius 2 is 0.792 bits per heavy atom. The lowest BCUT2D eigenvalue weighted by Crippen LogP contribution is -2.48. The van der Waals surface area contributed by atoms with Crippen molar-refractivity contribution in [1.82, 2.24) is 0 Å². The molecule has 0 aromatic heterocycles. The van der Waals surface area contributed by atoms with Crippen LogP contribution in [0.5, 0.6) is 11.5 Å². The summed E-state index contributed by atoms with van der Waals surface area (Å²) in [6, 6.07) is 17.4. The molecule has 0 saturated heterocycles. The fourth-order valence-electron chi connectivity index (χ4n) is 10.4. The molecule has 4 atom stereocenters. The molecule has 4 aliphatic heterocycles. The average Bonchev–Trinajstić information content (AvgIpc) is 4.00. The Morgan fingerprint density at radius 1 is 0.472 bits per heavy atom. The fraction of sp³-hybridized carbons (Fsp3) is 0.391. The van der Waals surface area contributed by atoms with Crippen molar-refractivity contribution < 1.29 is 9.47 Å². The molecular formula is C46H48O2S4Si. The van der Waals surface area contributed by atoms with E-state index in [0.29, 0.717) is 0 Å². The van der Waals surface area contributed by atoms with Crippen LogP contribution < -0.4 is 9.47 Å². The van der Waals surface area contributed by atoms with Gasteiger partial charge in [0.2, 0.25) is 0 Å². The Kier molecular flexibility index (Phi) is 7.80. The van der Waals surface area contributed by atoms with Crippen molar-refractivity contribution in [3.8, 4) is 11.5 Å². The van der Waals surface area contributed by atoms with Crippen LogP contribution in [0.25, 0.3) is 9.81 Å². The number of ether oxygens (including phenoxy) is 2. The zero-order chi connectivity index (χ0) is 36.7. The number of hydrogen-bond acceptors (Lipinski definition) is 6. The van der Waals surface area contributed by atoms with E-state index in [4.69, 9.17) is 9.47 Å². The van der Waals surface area contributed by atoms with Gasteiger partial charge < -0.3 is 9.47 Å². The van der Waals surface area contributed by atoms with E-state index < -0.39 is 8.07 Å². The predicted octanol–water partition coefficient (Wildman–Crippen LogP) is 13.2. The molecule has 10 rings (SSSR count). The molecule has 0 bridgehead atoms. The summed E-state index contributed by atoms with van der Waals surface area (Å²) in [6.45, 7) is 15.6. The van der Waals surface area contributed by atoms with E-state index in [1.807, 2.05) is 0 Å². The Balaban J connectivity index is 1.00. The van der Waals surface area contributed by atoms with Gasteiger partial charge in [0.1, 0.15) is 19.6 Å². The highest BCUT2D eigenvalue weighted by atomic mass is 32.2. The first-order valence-corrected chi connectivity index (χ1v) is 25.5. The van der Waals surface area contributed by atoms with Crippen molar-refractivity contribution in [1.29, 1.82) is 0 Å². The number of benzene rings is 2. The Bertz CT molecular complexity index is 2120. The van der Waals surface area contributed by atoms with E-state index in [1.165, 1.54) is 59.5 Å². The van der Waals surface area contributed by atoms with E-state index in [-0.39, 0.29) is 19.0 Å². The van der Waals surface area contributed by atoms with Gasteiger partial charge in [0.15, 0.2) is 0 Å². The number of allylic oxidation sites excluding steroid dienone is 8. The van der Waals surface area contributed by atoms with Gasteiger partial charge in [0.05, 0.1) is 33.2 Å². The van der Waals surface area contributed by atoms with Gasteiger partial charge in [-0.3, -0.25) is 0 Å². The molecule has 0 spiro atoms. The first-order chi connectivity index (χ1) is 25.3. The first-order valence-electron chi connectivity index (χ1n) is 19.2. The van der Waals surface area contributed by atoms with Gasteiger partial charge in [-0.25, -0.2) is 0 Å². The number of fused-ring (bicyclic) bond motifs is 8. The SMILES string of the molecule is COc1ccc(C2=CC3=C4CCCC4=C4C=C([Si](C)(C)C5=CC6=C7CCCC7=C7C=C(c8ccc(OC)cc8)S[C@@]7(C)[C@]6(C)S5)S[C@@]4(C)[C@]3(C)S2)cc1. The highest BCUT2D eigenvalue weighted by molar-refractivity contribution is 8.14. The molecule has 8 aliphatic rings. The Hall–Kier alpha value is -2.42. The van der Waals surface area contributed by atoms with E-state index in [2.05, 4.69) is 161 Å². The third-order valence-corrected chi connectivity index (χ3v) is 26.6. The van der Waals surface area contributed by atoms with Gasteiger partial charge in [-0.05, 0) is 167 Å². The summed E-state index contributed by atoms with van der Waals surface area (Å²) in [5.41, 5.74) is 15.7. The summed E-state index contributed by atoms with van der Waals surface area (Å²) < 4.78 is 14.3. The zero-order valence-corrected chi connectivity index (χ0v) is 36.4. The highest BCUT2D eigenvalue weighted by Gasteiger charge is 2.63. The molecule has 0 N–H and O–H groups in total. The minimum atomic E-state index is -2.07. The lowest BCUT2D eigenvalue weighted by Gasteiger charge is -2.48. The van der Waals surface area contributed by atoms with Gasteiger partial charge in [-0.1, -0.05) is 49.5 Å². The van der Waals surface area contributed by atoms with E-state index in [9.17, 15) is 0 Å². The van der Waals surface area contributed by atoms with Crippen LogP contribution in [0.2, 0.25) is 13.1 Å². The molecule has 0 radical (unpaired) electrons. The quantitative estimate of drug-likeness (QED) is 0.270. The molecule has 0 unspecified atom stereocenters. The molecule has 7 heteroatoms. The Morgan fingerprint density at radius 3 is 1.13 bits per heavy atom. The molecule has 2 nitrogen and oxygen atoms in total. The summed E-state index contributed by atoms with van der Waals surface area (Å²) in [5, 5.41) is 0. The van der Waals surface area contributed by atoms with Crippen LogP contribution in [0.4, 0.5) is 0 Å². The van der Waals surface area contributed by atoms with Gasteiger partial charge in [0.25, 0.3) is 0 Å². The second-order valence-electron chi connectivity index (χ2n) is 16.9. The average molecular weight is 789 g/mol. The first kappa shape index (κ1) is 35.0. The van der Waals surface area contributed by atoms with Crippen LogP contribution >= 0.6 is 47.0 Å². The molecule has 0 amide bonds. The van der Waals surface area contributed by atoms with Crippen LogP contribution in [0.1, 0.15) is 77.3 Å². The maximum absolute atomic E-state index is 5.51. The van der Waals surface area contributed by atoms with E-state index >= 15 is 0 Å². The Labute approximate surface area is 333 Å². The largest absolute Gasteiger partial charge is 0.497 e. The number of methoxy groups -OCH3 is 2. The number of rotatable bonds is 6. The molecule has 2 saturated carbocycles. The molecule has 2 aromatic carbocycles. The van der Waals surface area contributed by atoms with E-state index in [0.717, 1.165) is 11.5 Å². The normalized spacial score (nSPS) is 32.6. The predicted molar refractivity (Wildman–Crippen MR) is 235 cm³/mol.